The molecule has 8 nitrogen and oxygen atoms in total. The first-order chi connectivity index (χ1) is 13.5. The van der Waals surface area contributed by atoms with Crippen LogP contribution >= 0.6 is 0 Å². The third-order valence-corrected chi connectivity index (χ3v) is 5.76. The van der Waals surface area contributed by atoms with E-state index in [-0.39, 0.29) is 19.1 Å². The van der Waals surface area contributed by atoms with Crippen molar-refractivity contribution >= 4 is 22.4 Å². The molecule has 3 rings (SSSR count). The van der Waals surface area contributed by atoms with Crippen LogP contribution < -0.4 is 5.48 Å². The fourth-order valence-corrected chi connectivity index (χ4v) is 3.81. The highest BCUT2D eigenvalue weighted by Crippen LogP contribution is 2.24. The molecule has 0 bridgehead atoms. The summed E-state index contributed by atoms with van der Waals surface area (Å²) in [4.78, 5) is 21.2. The van der Waals surface area contributed by atoms with Gasteiger partial charge in [-0.25, -0.2) is 5.48 Å². The Morgan fingerprint density at radius 2 is 1.93 bits per heavy atom. The Morgan fingerprint density at radius 3 is 2.50 bits per heavy atom. The Balaban J connectivity index is 1.65. The summed E-state index contributed by atoms with van der Waals surface area (Å²) in [5.74, 6) is -0.692. The molecule has 1 aromatic heterocycles. The summed E-state index contributed by atoms with van der Waals surface area (Å²) in [6.07, 6.45) is 3.43. The molecule has 1 aliphatic rings. The predicted octanol–water partition coefficient (Wildman–Crippen LogP) is 1.38. The lowest BCUT2D eigenvalue weighted by Crippen LogP contribution is -2.37. The van der Waals surface area contributed by atoms with E-state index < -0.39 is 22.0 Å². The maximum Gasteiger partial charge on any atom is 0.259 e. The first-order valence-corrected chi connectivity index (χ1v) is 10.3. The van der Waals surface area contributed by atoms with Crippen LogP contribution in [0.4, 0.5) is 0 Å². The van der Waals surface area contributed by atoms with E-state index in [4.69, 9.17) is 15.2 Å². The van der Waals surface area contributed by atoms with E-state index in [2.05, 4.69) is 10.1 Å². The van der Waals surface area contributed by atoms with E-state index in [1.54, 1.807) is 17.7 Å². The number of rotatable bonds is 7. The minimum atomic E-state index is -1.44. The highest BCUT2D eigenvalue weighted by molar-refractivity contribution is 7.85. The fourth-order valence-electron chi connectivity index (χ4n) is 2.97. The largest absolute Gasteiger partial charge is 0.392 e. The smallest absolute Gasteiger partial charge is 0.259 e. The molecule has 0 saturated heterocycles. The molecule has 28 heavy (non-hydrogen) atoms. The summed E-state index contributed by atoms with van der Waals surface area (Å²) in [7, 11) is -1.44. The van der Waals surface area contributed by atoms with E-state index in [1.807, 2.05) is 30.3 Å². The van der Waals surface area contributed by atoms with Gasteiger partial charge in [0.05, 0.1) is 18.0 Å². The number of aliphatic hydroxyl groups excluding tert-OH is 1. The lowest BCUT2D eigenvalue weighted by atomic mass is 9.99. The first kappa shape index (κ1) is 20.1. The zero-order valence-electron chi connectivity index (χ0n) is 15.2. The second-order valence-electron chi connectivity index (χ2n) is 6.44. The van der Waals surface area contributed by atoms with Crippen LogP contribution in [0.15, 0.2) is 47.8 Å². The minimum absolute atomic E-state index is 0.0906. The summed E-state index contributed by atoms with van der Waals surface area (Å²) in [6, 6.07) is 11.4. The summed E-state index contributed by atoms with van der Waals surface area (Å²) in [6.45, 7) is -0.0906. The van der Waals surface area contributed by atoms with Gasteiger partial charge in [0.15, 0.2) is 0 Å². The van der Waals surface area contributed by atoms with Gasteiger partial charge in [0.2, 0.25) is 0 Å². The number of pyridine rings is 1. The standard InChI is InChI=1S/C19H21N3O5S/c1-28(26)18(19(24)21-25)9-16-8-17(22-27-16)13-4-2-12(3-5-13)14-6-7-15(11-23)20-10-14/h2-7,10,16,18,23,25H,8-9,11H2,1H3,(H,21,24). The number of oxime groups is 1. The molecule has 1 aromatic carbocycles. The molecule has 0 spiro atoms. The molecule has 2 heterocycles. The number of hydrogen-bond donors (Lipinski definition) is 3. The van der Waals surface area contributed by atoms with Crippen molar-refractivity contribution in [1.82, 2.24) is 10.5 Å². The van der Waals surface area contributed by atoms with E-state index in [9.17, 15) is 9.00 Å². The minimum Gasteiger partial charge on any atom is -0.392 e. The number of nitrogens with one attached hydrogen (secondary N) is 1. The molecule has 0 aliphatic carbocycles. The van der Waals surface area contributed by atoms with Crippen LogP contribution in [0.3, 0.4) is 0 Å². The number of amides is 1. The monoisotopic (exact) mass is 403 g/mol. The predicted molar refractivity (Wildman–Crippen MR) is 104 cm³/mol. The lowest BCUT2D eigenvalue weighted by Gasteiger charge is -2.15. The fraction of sp³-hybridized carbons (Fsp3) is 0.316. The van der Waals surface area contributed by atoms with Crippen molar-refractivity contribution in [3.8, 4) is 11.1 Å². The number of aliphatic hydroxyl groups is 1. The first-order valence-electron chi connectivity index (χ1n) is 8.67. The quantitative estimate of drug-likeness (QED) is 0.474. The molecule has 2 aromatic rings. The van der Waals surface area contributed by atoms with Crippen LogP contribution in [0, 0.1) is 0 Å². The Kier molecular flexibility index (Phi) is 6.50. The summed E-state index contributed by atoms with van der Waals surface area (Å²) >= 11 is 0. The zero-order valence-corrected chi connectivity index (χ0v) is 16.1. The maximum atomic E-state index is 11.7. The molecular weight excluding hydrogens is 382 g/mol. The second kappa shape index (κ2) is 9.05. The lowest BCUT2D eigenvalue weighted by molar-refractivity contribution is -0.129. The van der Waals surface area contributed by atoms with Gasteiger partial charge in [-0.1, -0.05) is 35.5 Å². The molecule has 3 unspecified atom stereocenters. The van der Waals surface area contributed by atoms with Crippen LogP contribution in [-0.2, 0) is 27.0 Å². The number of hydrogen-bond acceptors (Lipinski definition) is 7. The van der Waals surface area contributed by atoms with Crippen LogP contribution in [0.1, 0.15) is 24.1 Å². The normalized spacial score (nSPS) is 18.1. The van der Waals surface area contributed by atoms with Gasteiger partial charge in [-0.3, -0.25) is 19.2 Å². The van der Waals surface area contributed by atoms with Crippen LogP contribution in [0.25, 0.3) is 11.1 Å². The van der Waals surface area contributed by atoms with Crippen LogP contribution in [-0.4, -0.2) is 48.7 Å². The third-order valence-electron chi connectivity index (χ3n) is 4.55. The van der Waals surface area contributed by atoms with Gasteiger partial charge >= 0.3 is 0 Å². The topological polar surface area (TPSA) is 121 Å². The van der Waals surface area contributed by atoms with Gasteiger partial charge in [0.25, 0.3) is 5.91 Å². The van der Waals surface area contributed by atoms with Crippen molar-refractivity contribution < 1.29 is 24.2 Å². The number of benzene rings is 1. The number of carbonyl (C=O) groups is 1. The van der Waals surface area contributed by atoms with Gasteiger partial charge in [-0.15, -0.1) is 0 Å². The van der Waals surface area contributed by atoms with E-state index >= 15 is 0 Å². The Labute approximate surface area is 164 Å². The number of aromatic nitrogens is 1. The van der Waals surface area contributed by atoms with Gasteiger partial charge < -0.3 is 9.94 Å². The average Bonchev–Trinajstić information content (AvgIpc) is 3.20. The average molecular weight is 403 g/mol. The second-order valence-corrected chi connectivity index (χ2v) is 8.01. The molecule has 9 heteroatoms. The van der Waals surface area contributed by atoms with E-state index in [0.717, 1.165) is 22.4 Å². The molecule has 148 valence electrons. The van der Waals surface area contributed by atoms with Crippen molar-refractivity contribution in [1.29, 1.82) is 0 Å². The van der Waals surface area contributed by atoms with Gasteiger partial charge in [0, 0.05) is 41.7 Å². The molecule has 0 saturated carbocycles. The Hall–Kier alpha value is -2.62. The maximum absolute atomic E-state index is 11.7. The molecule has 3 N–H and O–H groups in total. The zero-order chi connectivity index (χ0) is 20.1. The number of hydroxylamine groups is 1. The summed E-state index contributed by atoms with van der Waals surface area (Å²) in [5, 5.41) is 21.1. The van der Waals surface area contributed by atoms with Crippen molar-refractivity contribution in [3.05, 3.63) is 53.9 Å². The van der Waals surface area contributed by atoms with Crippen LogP contribution in [0.5, 0.6) is 0 Å². The van der Waals surface area contributed by atoms with Crippen molar-refractivity contribution in [3.63, 3.8) is 0 Å². The molecule has 0 radical (unpaired) electrons. The van der Waals surface area contributed by atoms with Crippen molar-refractivity contribution in [2.75, 3.05) is 6.26 Å². The summed E-state index contributed by atoms with van der Waals surface area (Å²) < 4.78 is 11.7. The Bertz CT molecular complexity index is 883. The Morgan fingerprint density at radius 1 is 1.25 bits per heavy atom. The van der Waals surface area contributed by atoms with Crippen LogP contribution in [0.2, 0.25) is 0 Å². The van der Waals surface area contributed by atoms with Gasteiger partial charge in [-0.05, 0) is 17.2 Å². The van der Waals surface area contributed by atoms with Gasteiger partial charge in [-0.2, -0.15) is 0 Å². The van der Waals surface area contributed by atoms with Crippen molar-refractivity contribution in [2.24, 2.45) is 5.16 Å². The number of carbonyl (C=O) groups excluding carboxylic acids is 1. The molecule has 1 aliphatic heterocycles. The molecule has 1 amide bonds. The highest BCUT2D eigenvalue weighted by atomic mass is 32.2. The van der Waals surface area contributed by atoms with Gasteiger partial charge in [0.1, 0.15) is 11.4 Å². The van der Waals surface area contributed by atoms with Crippen molar-refractivity contribution in [2.45, 2.75) is 30.8 Å². The third kappa shape index (κ3) is 4.61. The molecule has 0 fully saturated rings. The SMILES string of the molecule is CS(=O)C(CC1CC(c2ccc(-c3ccc(CO)nc3)cc2)=NO1)C(=O)NO. The molecular formula is C19H21N3O5S. The highest BCUT2D eigenvalue weighted by Gasteiger charge is 2.31. The van der Waals surface area contributed by atoms with E-state index in [1.165, 1.54) is 6.26 Å². The van der Waals surface area contributed by atoms with E-state index in [0.29, 0.717) is 12.1 Å². The number of nitrogens with zero attached hydrogens (tertiary/aromatic N) is 2. The summed E-state index contributed by atoms with van der Waals surface area (Å²) in [5.41, 5.74) is 5.73. The molecule has 3 atom stereocenters.